The normalized spacial score (nSPS) is 11.9. The van der Waals surface area contributed by atoms with Crippen LogP contribution in [-0.4, -0.2) is 51.9 Å². The third kappa shape index (κ3) is 6.65. The summed E-state index contributed by atoms with van der Waals surface area (Å²) in [6.45, 7) is 3.28. The van der Waals surface area contributed by atoms with Crippen LogP contribution in [0.2, 0.25) is 5.02 Å². The van der Waals surface area contributed by atoms with Gasteiger partial charge in [-0.15, -0.1) is 0 Å². The zero-order valence-electron chi connectivity index (χ0n) is 21.8. The Hall–Kier alpha value is -3.56. The fourth-order valence-corrected chi connectivity index (χ4v) is 5.79. The van der Waals surface area contributed by atoms with Gasteiger partial charge in [0.05, 0.1) is 17.7 Å². The highest BCUT2D eigenvalue weighted by atomic mass is 35.5. The summed E-state index contributed by atoms with van der Waals surface area (Å²) in [5.41, 5.74) is 1.93. The van der Waals surface area contributed by atoms with E-state index in [1.807, 2.05) is 31.2 Å². The quantitative estimate of drug-likeness (QED) is 0.377. The Kier molecular flexibility index (Phi) is 9.77. The average molecular weight is 558 g/mol. The van der Waals surface area contributed by atoms with Crippen LogP contribution in [0.1, 0.15) is 24.5 Å². The molecule has 3 rings (SSSR count). The molecule has 0 saturated carbocycles. The number of carbonyl (C=O) groups is 2. The Morgan fingerprint density at radius 3 is 2.34 bits per heavy atom. The predicted octanol–water partition coefficient (Wildman–Crippen LogP) is 4.41. The molecule has 0 spiro atoms. The van der Waals surface area contributed by atoms with E-state index in [1.54, 1.807) is 37.3 Å². The van der Waals surface area contributed by atoms with Gasteiger partial charge in [-0.05, 0) is 49.2 Å². The zero-order chi connectivity index (χ0) is 27.9. The van der Waals surface area contributed by atoms with Crippen molar-refractivity contribution in [1.29, 1.82) is 0 Å². The van der Waals surface area contributed by atoms with Crippen molar-refractivity contribution in [3.63, 3.8) is 0 Å². The van der Waals surface area contributed by atoms with Crippen LogP contribution in [0, 0.1) is 6.92 Å². The molecular weight excluding hydrogens is 526 g/mol. The fraction of sp³-hybridized carbons (Fsp3) is 0.286. The SMILES string of the molecule is CC[C@H](C(=O)NC)N(Cc1cccc(C)c1)C(=O)CN(c1cc(Cl)ccc1OC)S(=O)(=O)c1ccccc1. The summed E-state index contributed by atoms with van der Waals surface area (Å²) in [5, 5.41) is 2.89. The number of anilines is 1. The van der Waals surface area contributed by atoms with Crippen molar-refractivity contribution in [2.75, 3.05) is 25.0 Å². The van der Waals surface area contributed by atoms with E-state index in [0.29, 0.717) is 6.42 Å². The number of nitrogens with one attached hydrogen (secondary N) is 1. The summed E-state index contributed by atoms with van der Waals surface area (Å²) in [6, 6.07) is 19.1. The van der Waals surface area contributed by atoms with Gasteiger partial charge in [-0.1, -0.05) is 66.6 Å². The van der Waals surface area contributed by atoms with Gasteiger partial charge in [-0.2, -0.15) is 0 Å². The molecule has 0 radical (unpaired) electrons. The maximum atomic E-state index is 14.0. The molecule has 2 amide bonds. The van der Waals surface area contributed by atoms with Gasteiger partial charge in [0.15, 0.2) is 0 Å². The van der Waals surface area contributed by atoms with E-state index in [1.165, 1.54) is 37.3 Å². The Balaban J connectivity index is 2.12. The van der Waals surface area contributed by atoms with Crippen LogP contribution in [0.25, 0.3) is 0 Å². The van der Waals surface area contributed by atoms with E-state index >= 15 is 0 Å². The second-order valence-electron chi connectivity index (χ2n) is 8.69. The molecule has 202 valence electrons. The summed E-state index contributed by atoms with van der Waals surface area (Å²) in [4.78, 5) is 28.2. The van der Waals surface area contributed by atoms with Crippen LogP contribution >= 0.6 is 11.6 Å². The number of benzene rings is 3. The van der Waals surface area contributed by atoms with Gasteiger partial charge in [-0.3, -0.25) is 13.9 Å². The smallest absolute Gasteiger partial charge is 0.264 e. The first-order chi connectivity index (χ1) is 18.1. The standard InChI is InChI=1S/C28H32ClN3O5S/c1-5-24(28(34)30-3)31(18-21-11-9-10-20(2)16-21)27(33)19-32(25-17-22(29)14-15-26(25)37-4)38(35,36)23-12-7-6-8-13-23/h6-17,24H,5,18-19H2,1-4H3,(H,30,34)/t24-/m1/s1. The van der Waals surface area contributed by atoms with E-state index in [2.05, 4.69) is 5.32 Å². The number of hydrogen-bond donors (Lipinski definition) is 1. The first-order valence-electron chi connectivity index (χ1n) is 12.1. The number of likely N-dealkylation sites (N-methyl/N-ethyl adjacent to an activating group) is 1. The molecule has 3 aromatic carbocycles. The number of rotatable bonds is 11. The van der Waals surface area contributed by atoms with E-state index < -0.39 is 28.5 Å². The van der Waals surface area contributed by atoms with Gasteiger partial charge in [0, 0.05) is 18.6 Å². The van der Waals surface area contributed by atoms with Crippen molar-refractivity contribution in [1.82, 2.24) is 10.2 Å². The monoisotopic (exact) mass is 557 g/mol. The first kappa shape index (κ1) is 29.0. The lowest BCUT2D eigenvalue weighted by Crippen LogP contribution is -2.51. The molecule has 1 N–H and O–H groups in total. The maximum Gasteiger partial charge on any atom is 0.264 e. The van der Waals surface area contributed by atoms with Crippen LogP contribution in [0.15, 0.2) is 77.7 Å². The van der Waals surface area contributed by atoms with Gasteiger partial charge >= 0.3 is 0 Å². The second kappa shape index (κ2) is 12.8. The maximum absolute atomic E-state index is 14.0. The van der Waals surface area contributed by atoms with Crippen LogP contribution in [0.5, 0.6) is 5.75 Å². The average Bonchev–Trinajstić information content (AvgIpc) is 2.91. The Bertz CT molecular complexity index is 1380. The summed E-state index contributed by atoms with van der Waals surface area (Å²) in [7, 11) is -1.31. The number of nitrogens with zero attached hydrogens (tertiary/aromatic N) is 2. The molecule has 0 aliphatic carbocycles. The fourth-order valence-electron chi connectivity index (χ4n) is 4.18. The molecule has 3 aromatic rings. The number of methoxy groups -OCH3 is 1. The van der Waals surface area contributed by atoms with E-state index in [0.717, 1.165) is 15.4 Å². The van der Waals surface area contributed by atoms with Crippen LogP contribution in [0.3, 0.4) is 0 Å². The zero-order valence-corrected chi connectivity index (χ0v) is 23.4. The van der Waals surface area contributed by atoms with Gasteiger partial charge < -0.3 is 15.0 Å². The highest BCUT2D eigenvalue weighted by Crippen LogP contribution is 2.35. The second-order valence-corrected chi connectivity index (χ2v) is 11.0. The van der Waals surface area contributed by atoms with Gasteiger partial charge in [0.25, 0.3) is 10.0 Å². The lowest BCUT2D eigenvalue weighted by molar-refractivity contribution is -0.140. The molecule has 38 heavy (non-hydrogen) atoms. The summed E-state index contributed by atoms with van der Waals surface area (Å²) in [5.74, 6) is -0.667. The topological polar surface area (TPSA) is 96.0 Å². The van der Waals surface area contributed by atoms with Gasteiger partial charge in [0.2, 0.25) is 11.8 Å². The molecule has 0 heterocycles. The highest BCUT2D eigenvalue weighted by Gasteiger charge is 2.34. The van der Waals surface area contributed by atoms with E-state index in [-0.39, 0.29) is 33.8 Å². The Morgan fingerprint density at radius 2 is 1.74 bits per heavy atom. The number of ether oxygens (including phenoxy) is 1. The minimum absolute atomic E-state index is 0.00148. The van der Waals surface area contributed by atoms with Crippen molar-refractivity contribution in [3.05, 3.63) is 88.9 Å². The largest absolute Gasteiger partial charge is 0.495 e. The molecule has 0 bridgehead atoms. The van der Waals surface area contributed by atoms with E-state index in [4.69, 9.17) is 16.3 Å². The Morgan fingerprint density at radius 1 is 1.03 bits per heavy atom. The number of halogens is 1. The number of hydrogen-bond acceptors (Lipinski definition) is 5. The summed E-state index contributed by atoms with van der Waals surface area (Å²) >= 11 is 6.24. The van der Waals surface area contributed by atoms with Crippen molar-refractivity contribution in [2.45, 2.75) is 37.8 Å². The minimum atomic E-state index is -4.22. The number of aryl methyl sites for hydroxylation is 1. The third-order valence-corrected chi connectivity index (χ3v) is 8.10. The first-order valence-corrected chi connectivity index (χ1v) is 13.9. The van der Waals surface area contributed by atoms with Crippen molar-refractivity contribution in [3.8, 4) is 5.75 Å². The number of amides is 2. The summed E-state index contributed by atoms with van der Waals surface area (Å²) in [6.07, 6.45) is 0.336. The molecule has 8 nitrogen and oxygen atoms in total. The molecular formula is C28H32ClN3O5S. The summed E-state index contributed by atoms with van der Waals surface area (Å²) < 4.78 is 34.2. The van der Waals surface area contributed by atoms with Crippen LogP contribution < -0.4 is 14.4 Å². The van der Waals surface area contributed by atoms with Crippen LogP contribution in [-0.2, 0) is 26.2 Å². The van der Waals surface area contributed by atoms with Gasteiger partial charge in [0.1, 0.15) is 18.3 Å². The van der Waals surface area contributed by atoms with Crippen molar-refractivity contribution < 1.29 is 22.7 Å². The highest BCUT2D eigenvalue weighted by molar-refractivity contribution is 7.92. The minimum Gasteiger partial charge on any atom is -0.495 e. The molecule has 0 saturated heterocycles. The predicted molar refractivity (Wildman–Crippen MR) is 149 cm³/mol. The lowest BCUT2D eigenvalue weighted by Gasteiger charge is -2.33. The van der Waals surface area contributed by atoms with Gasteiger partial charge in [-0.25, -0.2) is 8.42 Å². The molecule has 0 unspecified atom stereocenters. The molecule has 0 aliphatic rings. The third-order valence-electron chi connectivity index (χ3n) is 6.09. The van der Waals surface area contributed by atoms with Crippen molar-refractivity contribution >= 4 is 39.1 Å². The molecule has 0 aliphatic heterocycles. The molecule has 0 fully saturated rings. The Labute approximate surface area is 229 Å². The van der Waals surface area contributed by atoms with E-state index in [9.17, 15) is 18.0 Å². The number of sulfonamides is 1. The molecule has 0 aromatic heterocycles. The number of carbonyl (C=O) groups excluding carboxylic acids is 2. The van der Waals surface area contributed by atoms with Crippen molar-refractivity contribution in [2.24, 2.45) is 0 Å². The molecule has 10 heteroatoms. The molecule has 1 atom stereocenters. The van der Waals surface area contributed by atoms with Crippen LogP contribution in [0.4, 0.5) is 5.69 Å². The lowest BCUT2D eigenvalue weighted by atomic mass is 10.1.